The van der Waals surface area contributed by atoms with Gasteiger partial charge >= 0.3 is 0 Å². The highest BCUT2D eigenvalue weighted by atomic mass is 15.0. The molecule has 4 rings (SSSR count). The Bertz CT molecular complexity index is 845. The largest absolute Gasteiger partial charge is 0.309 e. The van der Waals surface area contributed by atoms with E-state index in [1.54, 1.807) is 0 Å². The Morgan fingerprint density at radius 3 is 1.55 bits per heavy atom. The molecule has 3 aromatic carbocycles. The Morgan fingerprint density at radius 2 is 1.05 bits per heavy atom. The van der Waals surface area contributed by atoms with Gasteiger partial charge in [-0.25, -0.2) is 0 Å². The second kappa shape index (κ2) is 6.07. The smallest absolute Gasteiger partial charge is 0.0541 e. The number of para-hydroxylation sites is 2. The van der Waals surface area contributed by atoms with Gasteiger partial charge in [-0.15, -0.1) is 0 Å². The predicted octanol–water partition coefficient (Wildman–Crippen LogP) is 6.12. The molecule has 1 heteroatoms. The van der Waals surface area contributed by atoms with Crippen LogP contribution in [0, 0.1) is 6.92 Å². The molecule has 0 spiro atoms. The molecule has 0 aliphatic rings. The van der Waals surface area contributed by atoms with Gasteiger partial charge < -0.3 is 4.57 Å². The summed E-state index contributed by atoms with van der Waals surface area (Å²) in [5.74, 6) is 0. The predicted molar refractivity (Wildman–Crippen MR) is 96.9 cm³/mol. The molecule has 0 atom stereocenters. The Balaban J connectivity index is 0.000000693. The van der Waals surface area contributed by atoms with Gasteiger partial charge in [0.1, 0.15) is 0 Å². The number of benzene rings is 3. The Hall–Kier alpha value is -2.54. The first kappa shape index (κ1) is 14.4. The number of rotatable bonds is 1. The van der Waals surface area contributed by atoms with Gasteiger partial charge in [-0.05, 0) is 31.2 Å². The molecule has 0 saturated carbocycles. The van der Waals surface area contributed by atoms with Crippen molar-refractivity contribution in [1.82, 2.24) is 4.57 Å². The zero-order valence-corrected chi connectivity index (χ0v) is 13.4. The van der Waals surface area contributed by atoms with Crippen molar-refractivity contribution in [2.45, 2.75) is 20.8 Å². The van der Waals surface area contributed by atoms with Gasteiger partial charge in [-0.2, -0.15) is 0 Å². The van der Waals surface area contributed by atoms with Crippen molar-refractivity contribution in [2.24, 2.45) is 0 Å². The maximum absolute atomic E-state index is 2.34. The van der Waals surface area contributed by atoms with Crippen LogP contribution in [0.1, 0.15) is 19.4 Å². The van der Waals surface area contributed by atoms with Crippen LogP contribution in [-0.2, 0) is 0 Å². The number of aryl methyl sites for hydroxylation is 1. The van der Waals surface area contributed by atoms with Crippen molar-refractivity contribution in [2.75, 3.05) is 0 Å². The number of aromatic nitrogens is 1. The molecule has 1 nitrogen and oxygen atoms in total. The molecule has 0 radical (unpaired) electrons. The summed E-state index contributed by atoms with van der Waals surface area (Å²) in [6.07, 6.45) is 0. The highest BCUT2D eigenvalue weighted by Gasteiger charge is 2.10. The van der Waals surface area contributed by atoms with Crippen molar-refractivity contribution in [3.63, 3.8) is 0 Å². The van der Waals surface area contributed by atoms with Gasteiger partial charge in [0.05, 0.1) is 11.0 Å². The first-order valence-electron chi connectivity index (χ1n) is 7.90. The standard InChI is InChI=1S/C19H15N.C2H6/c1-14-10-12-15(13-11-14)20-18-8-4-2-6-16(18)17-7-3-5-9-19(17)20;1-2/h2-13H,1H3;1-2H3. The SMILES string of the molecule is CC.Cc1ccc(-n2c3ccccc3c3ccccc32)cc1. The fourth-order valence-corrected chi connectivity index (χ4v) is 2.89. The molecule has 0 fully saturated rings. The minimum absolute atomic E-state index is 1.22. The Morgan fingerprint density at radius 1 is 0.591 bits per heavy atom. The van der Waals surface area contributed by atoms with Gasteiger partial charge in [0.25, 0.3) is 0 Å². The molecule has 0 unspecified atom stereocenters. The quantitative estimate of drug-likeness (QED) is 0.397. The first-order valence-corrected chi connectivity index (χ1v) is 7.90. The monoisotopic (exact) mass is 287 g/mol. The van der Waals surface area contributed by atoms with Crippen LogP contribution < -0.4 is 0 Å². The lowest BCUT2D eigenvalue weighted by Gasteiger charge is -2.07. The van der Waals surface area contributed by atoms with E-state index < -0.39 is 0 Å². The lowest BCUT2D eigenvalue weighted by molar-refractivity contribution is 1.17. The third-order valence-electron chi connectivity index (χ3n) is 3.87. The zero-order chi connectivity index (χ0) is 15.5. The molecule has 1 aromatic heterocycles. The van der Waals surface area contributed by atoms with E-state index in [2.05, 4.69) is 84.3 Å². The van der Waals surface area contributed by atoms with Crippen LogP contribution in [0.5, 0.6) is 0 Å². The molecule has 0 aliphatic heterocycles. The molecule has 4 aromatic rings. The molecule has 1 heterocycles. The van der Waals surface area contributed by atoms with E-state index in [4.69, 9.17) is 0 Å². The summed E-state index contributed by atoms with van der Waals surface area (Å²) in [6, 6.07) is 25.9. The maximum Gasteiger partial charge on any atom is 0.0541 e. The fraction of sp³-hybridized carbons (Fsp3) is 0.143. The average molecular weight is 287 g/mol. The Kier molecular flexibility index (Phi) is 3.97. The molecule has 0 aliphatic carbocycles. The molecule has 110 valence electrons. The molecule has 22 heavy (non-hydrogen) atoms. The highest BCUT2D eigenvalue weighted by Crippen LogP contribution is 2.31. The molecular weight excluding hydrogens is 266 g/mol. The van der Waals surface area contributed by atoms with Gasteiger partial charge in [0, 0.05) is 16.5 Å². The number of fused-ring (bicyclic) bond motifs is 3. The van der Waals surface area contributed by atoms with E-state index >= 15 is 0 Å². The van der Waals surface area contributed by atoms with Crippen molar-refractivity contribution in [1.29, 1.82) is 0 Å². The summed E-state index contributed by atoms with van der Waals surface area (Å²) in [5, 5.41) is 2.62. The van der Waals surface area contributed by atoms with E-state index in [1.807, 2.05) is 13.8 Å². The zero-order valence-electron chi connectivity index (χ0n) is 13.4. The van der Waals surface area contributed by atoms with Gasteiger partial charge in [-0.1, -0.05) is 67.9 Å². The van der Waals surface area contributed by atoms with E-state index in [0.29, 0.717) is 0 Å². The van der Waals surface area contributed by atoms with Crippen molar-refractivity contribution >= 4 is 21.8 Å². The lowest BCUT2D eigenvalue weighted by Crippen LogP contribution is -1.93. The van der Waals surface area contributed by atoms with Gasteiger partial charge in [0.15, 0.2) is 0 Å². The third kappa shape index (κ3) is 2.29. The average Bonchev–Trinajstić information content (AvgIpc) is 2.92. The minimum atomic E-state index is 1.22. The van der Waals surface area contributed by atoms with Crippen molar-refractivity contribution in [3.05, 3.63) is 78.4 Å². The minimum Gasteiger partial charge on any atom is -0.309 e. The maximum atomic E-state index is 2.34. The summed E-state index contributed by atoms with van der Waals surface area (Å²) >= 11 is 0. The van der Waals surface area contributed by atoms with E-state index in [9.17, 15) is 0 Å². The summed E-state index contributed by atoms with van der Waals surface area (Å²) < 4.78 is 2.34. The number of nitrogens with zero attached hydrogens (tertiary/aromatic N) is 1. The third-order valence-corrected chi connectivity index (χ3v) is 3.87. The summed E-state index contributed by atoms with van der Waals surface area (Å²) in [6.45, 7) is 6.12. The summed E-state index contributed by atoms with van der Waals surface area (Å²) in [4.78, 5) is 0. The van der Waals surface area contributed by atoms with Gasteiger partial charge in [-0.3, -0.25) is 0 Å². The summed E-state index contributed by atoms with van der Waals surface area (Å²) in [5.41, 5.74) is 5.03. The lowest BCUT2D eigenvalue weighted by atomic mass is 10.2. The molecule has 0 bridgehead atoms. The van der Waals surface area contributed by atoms with Crippen LogP contribution in [0.15, 0.2) is 72.8 Å². The van der Waals surface area contributed by atoms with Crippen molar-refractivity contribution in [3.8, 4) is 5.69 Å². The van der Waals surface area contributed by atoms with Crippen LogP contribution in [0.3, 0.4) is 0 Å². The van der Waals surface area contributed by atoms with Crippen LogP contribution in [0.25, 0.3) is 27.5 Å². The van der Waals surface area contributed by atoms with E-state index in [-0.39, 0.29) is 0 Å². The molecule has 0 saturated heterocycles. The number of hydrogen-bond acceptors (Lipinski definition) is 0. The topological polar surface area (TPSA) is 4.93 Å². The molecular formula is C21H21N. The molecule has 0 amide bonds. The summed E-state index contributed by atoms with van der Waals surface area (Å²) in [7, 11) is 0. The van der Waals surface area contributed by atoms with Crippen LogP contribution >= 0.6 is 0 Å². The fourth-order valence-electron chi connectivity index (χ4n) is 2.89. The van der Waals surface area contributed by atoms with Crippen LogP contribution in [0.4, 0.5) is 0 Å². The second-order valence-electron chi connectivity index (χ2n) is 5.21. The first-order chi connectivity index (χ1) is 10.8. The normalized spacial score (nSPS) is 10.5. The van der Waals surface area contributed by atoms with Crippen LogP contribution in [-0.4, -0.2) is 4.57 Å². The highest BCUT2D eigenvalue weighted by molar-refractivity contribution is 6.09. The molecule has 0 N–H and O–H groups in total. The van der Waals surface area contributed by atoms with Crippen LogP contribution in [0.2, 0.25) is 0 Å². The van der Waals surface area contributed by atoms with E-state index in [1.165, 1.54) is 33.1 Å². The number of hydrogen-bond donors (Lipinski definition) is 0. The second-order valence-corrected chi connectivity index (χ2v) is 5.21. The Labute approximate surface area is 131 Å². The van der Waals surface area contributed by atoms with Gasteiger partial charge in [0.2, 0.25) is 0 Å². The van der Waals surface area contributed by atoms with E-state index in [0.717, 1.165) is 0 Å². The van der Waals surface area contributed by atoms with Crippen molar-refractivity contribution < 1.29 is 0 Å².